The molecule has 1 saturated carbocycles. The summed E-state index contributed by atoms with van der Waals surface area (Å²) in [5.41, 5.74) is 1.11. The van der Waals surface area contributed by atoms with Crippen LogP contribution in [0.1, 0.15) is 37.7 Å². The predicted octanol–water partition coefficient (Wildman–Crippen LogP) is 3.56. The molecule has 2 amide bonds. The van der Waals surface area contributed by atoms with Gasteiger partial charge in [-0.05, 0) is 71.3 Å². The van der Waals surface area contributed by atoms with Crippen molar-refractivity contribution in [3.05, 3.63) is 75.1 Å². The Labute approximate surface area is 229 Å². The van der Waals surface area contributed by atoms with Crippen molar-refractivity contribution in [3.8, 4) is 5.75 Å². The summed E-state index contributed by atoms with van der Waals surface area (Å²) in [6, 6.07) is 12.6. The summed E-state index contributed by atoms with van der Waals surface area (Å²) in [6.45, 7) is 0.0638. The SMILES string of the molecule is O=C(NCCO)C1=C[C@H](Oc2ccccc2I)[C@@H](O)[C@H](N(Cc2ccc(F)cc2)C(=O)C2CCCC2)C1. The molecule has 198 valence electrons. The lowest BCUT2D eigenvalue weighted by Crippen LogP contribution is -2.55. The van der Waals surface area contributed by atoms with Gasteiger partial charge in [-0.2, -0.15) is 0 Å². The Hall–Kier alpha value is -2.50. The van der Waals surface area contributed by atoms with Gasteiger partial charge in [-0.15, -0.1) is 0 Å². The lowest BCUT2D eigenvalue weighted by Gasteiger charge is -2.41. The molecule has 0 spiro atoms. The van der Waals surface area contributed by atoms with Crippen LogP contribution in [-0.4, -0.2) is 58.3 Å². The molecular formula is C28H32FIN2O5. The van der Waals surface area contributed by atoms with Crippen LogP contribution < -0.4 is 10.1 Å². The molecule has 2 aliphatic rings. The Kier molecular flexibility index (Phi) is 9.55. The van der Waals surface area contributed by atoms with E-state index in [2.05, 4.69) is 27.9 Å². The molecule has 0 heterocycles. The summed E-state index contributed by atoms with van der Waals surface area (Å²) in [7, 11) is 0. The molecule has 4 rings (SSSR count). The van der Waals surface area contributed by atoms with Crippen molar-refractivity contribution in [2.45, 2.75) is 56.9 Å². The lowest BCUT2D eigenvalue weighted by molar-refractivity contribution is -0.143. The number of nitrogens with zero attached hydrogens (tertiary/aromatic N) is 1. The zero-order valence-electron chi connectivity index (χ0n) is 20.5. The van der Waals surface area contributed by atoms with Gasteiger partial charge >= 0.3 is 0 Å². The number of aliphatic hydroxyl groups excluding tert-OH is 2. The number of nitrogens with one attached hydrogen (secondary N) is 1. The van der Waals surface area contributed by atoms with E-state index in [4.69, 9.17) is 4.74 Å². The number of para-hydroxylation sites is 1. The van der Waals surface area contributed by atoms with Crippen molar-refractivity contribution in [2.75, 3.05) is 13.2 Å². The quantitative estimate of drug-likeness (QED) is 0.372. The van der Waals surface area contributed by atoms with Crippen molar-refractivity contribution in [3.63, 3.8) is 0 Å². The summed E-state index contributed by atoms with van der Waals surface area (Å²) in [5.74, 6) is -0.411. The molecule has 37 heavy (non-hydrogen) atoms. The second-order valence-electron chi connectivity index (χ2n) is 9.52. The second kappa shape index (κ2) is 12.8. The van der Waals surface area contributed by atoms with Crippen molar-refractivity contribution < 1.29 is 28.9 Å². The molecule has 3 N–H and O–H groups in total. The number of rotatable bonds is 9. The normalized spacial score (nSPS) is 21.8. The summed E-state index contributed by atoms with van der Waals surface area (Å²) in [6.07, 6.45) is 3.26. The predicted molar refractivity (Wildman–Crippen MR) is 145 cm³/mol. The maximum absolute atomic E-state index is 13.8. The number of hydrogen-bond donors (Lipinski definition) is 3. The number of hydrogen-bond acceptors (Lipinski definition) is 5. The number of aliphatic hydroxyl groups is 2. The minimum Gasteiger partial charge on any atom is -0.482 e. The molecule has 1 fully saturated rings. The molecule has 0 radical (unpaired) electrons. The van der Waals surface area contributed by atoms with Gasteiger partial charge in [0.15, 0.2) is 0 Å². The highest BCUT2D eigenvalue weighted by Gasteiger charge is 2.42. The van der Waals surface area contributed by atoms with E-state index in [0.717, 1.165) is 34.8 Å². The van der Waals surface area contributed by atoms with Gasteiger partial charge in [0.25, 0.3) is 0 Å². The topological polar surface area (TPSA) is 99.1 Å². The van der Waals surface area contributed by atoms with Crippen LogP contribution >= 0.6 is 22.6 Å². The number of carbonyl (C=O) groups excluding carboxylic acids is 2. The molecule has 0 saturated heterocycles. The first kappa shape index (κ1) is 27.5. The van der Waals surface area contributed by atoms with Gasteiger partial charge in [0, 0.05) is 31.0 Å². The molecular weight excluding hydrogens is 590 g/mol. The molecule has 0 aromatic heterocycles. The Balaban J connectivity index is 1.68. The van der Waals surface area contributed by atoms with Crippen LogP contribution in [0, 0.1) is 15.3 Å². The number of carbonyl (C=O) groups is 2. The molecule has 3 atom stereocenters. The number of ether oxygens (including phenoxy) is 1. The Morgan fingerprint density at radius 2 is 1.81 bits per heavy atom. The average molecular weight is 622 g/mol. The van der Waals surface area contributed by atoms with Crippen LogP contribution in [0.25, 0.3) is 0 Å². The molecule has 9 heteroatoms. The maximum Gasteiger partial charge on any atom is 0.247 e. The fourth-order valence-electron chi connectivity index (χ4n) is 5.02. The Bertz CT molecular complexity index is 1120. The number of benzene rings is 2. The van der Waals surface area contributed by atoms with Gasteiger partial charge in [-0.3, -0.25) is 9.59 Å². The largest absolute Gasteiger partial charge is 0.482 e. The van der Waals surface area contributed by atoms with Crippen molar-refractivity contribution in [2.24, 2.45) is 5.92 Å². The molecule has 2 aliphatic carbocycles. The minimum absolute atomic E-state index is 0.0732. The van der Waals surface area contributed by atoms with Gasteiger partial charge in [-0.1, -0.05) is 37.1 Å². The van der Waals surface area contributed by atoms with Crippen LogP contribution in [0.15, 0.2) is 60.2 Å². The summed E-state index contributed by atoms with van der Waals surface area (Å²) >= 11 is 2.14. The molecule has 0 bridgehead atoms. The van der Waals surface area contributed by atoms with Crippen LogP contribution in [0.2, 0.25) is 0 Å². The smallest absolute Gasteiger partial charge is 0.247 e. The summed E-state index contributed by atoms with van der Waals surface area (Å²) in [5, 5.41) is 23.4. The summed E-state index contributed by atoms with van der Waals surface area (Å²) in [4.78, 5) is 28.4. The van der Waals surface area contributed by atoms with E-state index in [9.17, 15) is 24.2 Å². The van der Waals surface area contributed by atoms with Gasteiger partial charge in [0.1, 0.15) is 23.8 Å². The molecule has 0 aliphatic heterocycles. The maximum atomic E-state index is 13.8. The van der Waals surface area contributed by atoms with Crippen LogP contribution in [0.5, 0.6) is 5.75 Å². The van der Waals surface area contributed by atoms with E-state index in [0.29, 0.717) is 11.3 Å². The average Bonchev–Trinajstić information content (AvgIpc) is 3.44. The molecule has 0 unspecified atom stereocenters. The molecule has 2 aromatic rings. The third-order valence-corrected chi connectivity index (χ3v) is 7.86. The van der Waals surface area contributed by atoms with E-state index in [-0.39, 0.29) is 49.7 Å². The first-order chi connectivity index (χ1) is 17.9. The highest BCUT2D eigenvalue weighted by molar-refractivity contribution is 14.1. The lowest BCUT2D eigenvalue weighted by atomic mass is 9.87. The van der Waals surface area contributed by atoms with Crippen molar-refractivity contribution in [1.29, 1.82) is 0 Å². The van der Waals surface area contributed by atoms with E-state index in [1.165, 1.54) is 12.1 Å². The zero-order valence-corrected chi connectivity index (χ0v) is 22.6. The fourth-order valence-corrected chi connectivity index (χ4v) is 5.53. The van der Waals surface area contributed by atoms with Crippen molar-refractivity contribution >= 4 is 34.4 Å². The fraction of sp³-hybridized carbons (Fsp3) is 0.429. The molecule has 7 nitrogen and oxygen atoms in total. The number of halogens is 2. The molecule has 2 aromatic carbocycles. The van der Waals surface area contributed by atoms with Gasteiger partial charge < -0.3 is 25.2 Å². The van der Waals surface area contributed by atoms with Gasteiger partial charge in [-0.25, -0.2) is 4.39 Å². The second-order valence-corrected chi connectivity index (χ2v) is 10.7. The van der Waals surface area contributed by atoms with Gasteiger partial charge in [0.05, 0.1) is 16.2 Å². The number of amides is 2. The van der Waals surface area contributed by atoms with Crippen LogP contribution in [0.4, 0.5) is 4.39 Å². The third-order valence-electron chi connectivity index (χ3n) is 6.97. The standard InChI is InChI=1S/C28H32FIN2O5/c29-21-11-9-18(10-12-21)17-32(28(36)19-5-1-2-6-19)23-15-20(27(35)31-13-14-33)16-25(26(23)34)37-24-8-4-3-7-22(24)30/h3-4,7-12,16,19,23,25-26,33-34H,1-2,5-6,13-15,17H2,(H,31,35)/t23-,25+,26+/m1/s1. The summed E-state index contributed by atoms with van der Waals surface area (Å²) < 4.78 is 20.6. The minimum atomic E-state index is -1.10. The van der Waals surface area contributed by atoms with E-state index >= 15 is 0 Å². The Morgan fingerprint density at radius 1 is 1.11 bits per heavy atom. The first-order valence-electron chi connectivity index (χ1n) is 12.6. The van der Waals surface area contributed by atoms with Crippen LogP contribution in [-0.2, 0) is 16.1 Å². The highest BCUT2D eigenvalue weighted by atomic mass is 127. The Morgan fingerprint density at radius 3 is 2.49 bits per heavy atom. The third kappa shape index (κ3) is 6.88. The zero-order chi connectivity index (χ0) is 26.4. The van der Waals surface area contributed by atoms with Crippen LogP contribution in [0.3, 0.4) is 0 Å². The van der Waals surface area contributed by atoms with Gasteiger partial charge in [0.2, 0.25) is 11.8 Å². The van der Waals surface area contributed by atoms with E-state index in [1.807, 2.05) is 18.2 Å². The van der Waals surface area contributed by atoms with E-state index < -0.39 is 18.2 Å². The van der Waals surface area contributed by atoms with Crippen molar-refractivity contribution in [1.82, 2.24) is 10.2 Å². The highest BCUT2D eigenvalue weighted by Crippen LogP contribution is 2.33. The first-order valence-corrected chi connectivity index (χ1v) is 13.7. The monoisotopic (exact) mass is 622 g/mol. The van der Waals surface area contributed by atoms with E-state index in [1.54, 1.807) is 29.2 Å².